The van der Waals surface area contributed by atoms with Gasteiger partial charge in [0, 0.05) is 25.2 Å². The second kappa shape index (κ2) is 6.05. The number of halogens is 3. The van der Waals surface area contributed by atoms with E-state index in [4.69, 9.17) is 0 Å². The Morgan fingerprint density at radius 3 is 2.54 bits per heavy atom. The number of sulfonamides is 1. The predicted octanol–water partition coefficient (Wildman–Crippen LogP) is 1.19. The SMILES string of the molecule is O=S(=O)(NC1CCCC1)C1CN(c2cc(C(F)(F)F)nc3ncnn23)C1. The van der Waals surface area contributed by atoms with Crippen LogP contribution in [-0.2, 0) is 16.2 Å². The molecule has 2 aliphatic rings. The van der Waals surface area contributed by atoms with Crippen molar-refractivity contribution >= 4 is 21.6 Å². The monoisotopic (exact) mass is 390 g/mol. The zero-order valence-electron chi connectivity index (χ0n) is 13.6. The van der Waals surface area contributed by atoms with E-state index in [1.54, 1.807) is 0 Å². The van der Waals surface area contributed by atoms with Crippen molar-refractivity contribution < 1.29 is 21.6 Å². The highest BCUT2D eigenvalue weighted by Gasteiger charge is 2.41. The van der Waals surface area contributed by atoms with Gasteiger partial charge in [-0.1, -0.05) is 12.8 Å². The summed E-state index contributed by atoms with van der Waals surface area (Å²) in [5, 5.41) is 3.22. The molecule has 0 radical (unpaired) electrons. The Labute approximate surface area is 147 Å². The highest BCUT2D eigenvalue weighted by atomic mass is 32.2. The van der Waals surface area contributed by atoms with Crippen molar-refractivity contribution in [3.05, 3.63) is 18.1 Å². The largest absolute Gasteiger partial charge is 0.433 e. The van der Waals surface area contributed by atoms with Gasteiger partial charge in [0.1, 0.15) is 17.4 Å². The Bertz CT molecular complexity index is 916. The molecule has 2 fully saturated rings. The first-order valence-electron chi connectivity index (χ1n) is 8.28. The van der Waals surface area contributed by atoms with E-state index in [1.165, 1.54) is 9.42 Å². The Balaban J connectivity index is 1.54. The molecule has 26 heavy (non-hydrogen) atoms. The van der Waals surface area contributed by atoms with Gasteiger partial charge in [0.05, 0.1) is 0 Å². The van der Waals surface area contributed by atoms with Gasteiger partial charge in [0.15, 0.2) is 5.69 Å². The number of alkyl halides is 3. The van der Waals surface area contributed by atoms with Crippen LogP contribution in [0.15, 0.2) is 12.4 Å². The summed E-state index contributed by atoms with van der Waals surface area (Å²) in [5.74, 6) is -0.0441. The van der Waals surface area contributed by atoms with Gasteiger partial charge in [0.2, 0.25) is 10.0 Å². The van der Waals surface area contributed by atoms with Gasteiger partial charge in [-0.2, -0.15) is 27.8 Å². The van der Waals surface area contributed by atoms with E-state index in [0.29, 0.717) is 0 Å². The van der Waals surface area contributed by atoms with Crippen LogP contribution in [-0.4, -0.2) is 52.4 Å². The molecule has 2 aromatic rings. The average Bonchev–Trinajstić information content (AvgIpc) is 3.14. The zero-order valence-corrected chi connectivity index (χ0v) is 14.5. The summed E-state index contributed by atoms with van der Waals surface area (Å²) < 4.78 is 67.8. The lowest BCUT2D eigenvalue weighted by molar-refractivity contribution is -0.141. The number of rotatable bonds is 4. The van der Waals surface area contributed by atoms with Gasteiger partial charge in [0.25, 0.3) is 5.78 Å². The fourth-order valence-electron chi connectivity index (χ4n) is 3.36. The highest BCUT2D eigenvalue weighted by Crippen LogP contribution is 2.32. The van der Waals surface area contributed by atoms with E-state index >= 15 is 0 Å². The molecule has 0 spiro atoms. The number of nitrogens with one attached hydrogen (secondary N) is 1. The third-order valence-electron chi connectivity index (χ3n) is 4.82. The van der Waals surface area contributed by atoms with E-state index in [9.17, 15) is 21.6 Å². The van der Waals surface area contributed by atoms with E-state index in [1.807, 2.05) is 0 Å². The fraction of sp³-hybridized carbons (Fsp3) is 0.643. The van der Waals surface area contributed by atoms with Crippen LogP contribution in [0.4, 0.5) is 19.0 Å². The number of fused-ring (bicyclic) bond motifs is 1. The van der Waals surface area contributed by atoms with E-state index in [0.717, 1.165) is 38.1 Å². The van der Waals surface area contributed by atoms with Crippen LogP contribution in [0.1, 0.15) is 31.4 Å². The normalized spacial score (nSPS) is 20.0. The van der Waals surface area contributed by atoms with E-state index < -0.39 is 27.1 Å². The van der Waals surface area contributed by atoms with Crippen molar-refractivity contribution in [3.8, 4) is 0 Å². The van der Waals surface area contributed by atoms with Crippen molar-refractivity contribution in [1.29, 1.82) is 0 Å². The van der Waals surface area contributed by atoms with Gasteiger partial charge in [-0.05, 0) is 12.8 Å². The van der Waals surface area contributed by atoms with E-state index in [-0.39, 0.29) is 30.7 Å². The van der Waals surface area contributed by atoms with Crippen LogP contribution >= 0.6 is 0 Å². The molecule has 1 N–H and O–H groups in total. The van der Waals surface area contributed by atoms with Crippen molar-refractivity contribution in [2.24, 2.45) is 0 Å². The van der Waals surface area contributed by atoms with Gasteiger partial charge in [-0.15, -0.1) is 0 Å². The predicted molar refractivity (Wildman–Crippen MR) is 86.1 cm³/mol. The molecule has 1 aliphatic heterocycles. The highest BCUT2D eigenvalue weighted by molar-refractivity contribution is 7.90. The van der Waals surface area contributed by atoms with Crippen LogP contribution in [0.25, 0.3) is 5.78 Å². The minimum Gasteiger partial charge on any atom is -0.354 e. The quantitative estimate of drug-likeness (QED) is 0.843. The molecule has 1 saturated heterocycles. The lowest BCUT2D eigenvalue weighted by atomic mass is 10.2. The Morgan fingerprint density at radius 1 is 1.19 bits per heavy atom. The molecule has 3 heterocycles. The van der Waals surface area contributed by atoms with Crippen LogP contribution in [0.3, 0.4) is 0 Å². The van der Waals surface area contributed by atoms with Gasteiger partial charge < -0.3 is 4.90 Å². The first kappa shape index (κ1) is 17.5. The van der Waals surface area contributed by atoms with Gasteiger partial charge in [-0.3, -0.25) is 0 Å². The molecule has 0 atom stereocenters. The molecule has 0 amide bonds. The van der Waals surface area contributed by atoms with Crippen molar-refractivity contribution in [2.45, 2.75) is 43.2 Å². The van der Waals surface area contributed by atoms with Crippen LogP contribution in [0, 0.1) is 0 Å². The Kier molecular flexibility index (Phi) is 4.06. The van der Waals surface area contributed by atoms with Crippen LogP contribution in [0.2, 0.25) is 0 Å². The van der Waals surface area contributed by atoms with Gasteiger partial charge >= 0.3 is 6.18 Å². The summed E-state index contributed by atoms with van der Waals surface area (Å²) in [6.45, 7) is 0.191. The first-order chi connectivity index (χ1) is 12.2. The number of nitrogens with zero attached hydrogens (tertiary/aromatic N) is 5. The summed E-state index contributed by atoms with van der Waals surface area (Å²) in [6, 6.07) is 0.836. The maximum atomic E-state index is 13.0. The van der Waals surface area contributed by atoms with Crippen molar-refractivity contribution in [1.82, 2.24) is 24.3 Å². The summed E-state index contributed by atoms with van der Waals surface area (Å²) in [6.07, 6.45) is 0.157. The minimum absolute atomic E-state index is 0.0335. The summed E-state index contributed by atoms with van der Waals surface area (Å²) in [5.41, 5.74) is -1.08. The summed E-state index contributed by atoms with van der Waals surface area (Å²) >= 11 is 0. The molecule has 2 aromatic heterocycles. The first-order valence-corrected chi connectivity index (χ1v) is 9.83. The molecule has 1 saturated carbocycles. The van der Waals surface area contributed by atoms with E-state index in [2.05, 4.69) is 19.8 Å². The fourth-order valence-corrected chi connectivity index (χ4v) is 5.01. The number of aromatic nitrogens is 4. The Hall–Kier alpha value is -1.95. The third kappa shape index (κ3) is 3.11. The molecule has 1 aliphatic carbocycles. The van der Waals surface area contributed by atoms with Crippen LogP contribution in [0.5, 0.6) is 0 Å². The molecule has 142 valence electrons. The molecule has 4 rings (SSSR count). The third-order valence-corrected chi connectivity index (χ3v) is 6.66. The summed E-state index contributed by atoms with van der Waals surface area (Å²) in [4.78, 5) is 8.70. The molecule has 0 unspecified atom stereocenters. The smallest absolute Gasteiger partial charge is 0.354 e. The number of hydrogen-bond acceptors (Lipinski definition) is 6. The molecular weight excluding hydrogens is 373 g/mol. The van der Waals surface area contributed by atoms with Crippen molar-refractivity contribution in [2.75, 3.05) is 18.0 Å². The standard InChI is InChI=1S/C14H17F3N6O2S/c15-14(16,17)11-5-12(23-13(20-11)18-8-19-23)22-6-10(7-22)26(24,25)21-9-3-1-2-4-9/h5,8-10,21H,1-4,6-7H2. The zero-order chi connectivity index (χ0) is 18.5. The summed E-state index contributed by atoms with van der Waals surface area (Å²) in [7, 11) is -3.50. The minimum atomic E-state index is -4.62. The maximum absolute atomic E-state index is 13.0. The van der Waals surface area contributed by atoms with Crippen molar-refractivity contribution in [3.63, 3.8) is 0 Å². The number of hydrogen-bond donors (Lipinski definition) is 1. The lowest BCUT2D eigenvalue weighted by Crippen LogP contribution is -2.59. The number of anilines is 1. The second-order valence-electron chi connectivity index (χ2n) is 6.64. The maximum Gasteiger partial charge on any atom is 0.433 e. The van der Waals surface area contributed by atoms with Crippen LogP contribution < -0.4 is 9.62 Å². The molecular formula is C14H17F3N6O2S. The molecule has 12 heteroatoms. The molecule has 0 aromatic carbocycles. The Morgan fingerprint density at radius 2 is 1.88 bits per heavy atom. The average molecular weight is 390 g/mol. The van der Waals surface area contributed by atoms with Gasteiger partial charge in [-0.25, -0.2) is 18.1 Å². The molecule has 8 nitrogen and oxygen atoms in total. The topological polar surface area (TPSA) is 92.5 Å². The lowest BCUT2D eigenvalue weighted by Gasteiger charge is -2.40. The second-order valence-corrected chi connectivity index (χ2v) is 8.63. The molecule has 0 bridgehead atoms.